The second-order valence-corrected chi connectivity index (χ2v) is 8.02. The van der Waals surface area contributed by atoms with Gasteiger partial charge in [0.25, 0.3) is 0 Å². The predicted octanol–water partition coefficient (Wildman–Crippen LogP) is 3.15. The molecule has 0 radical (unpaired) electrons. The maximum absolute atomic E-state index is 12.7. The summed E-state index contributed by atoms with van der Waals surface area (Å²) in [6, 6.07) is 10.9. The van der Waals surface area contributed by atoms with Gasteiger partial charge in [-0.15, -0.1) is 10.2 Å². The van der Waals surface area contributed by atoms with E-state index in [0.717, 1.165) is 22.3 Å². The summed E-state index contributed by atoms with van der Waals surface area (Å²) in [7, 11) is -2.37. The molecule has 0 spiro atoms. The Morgan fingerprint density at radius 3 is 2.52 bits per heavy atom. The van der Waals surface area contributed by atoms with E-state index in [2.05, 4.69) is 14.9 Å². The van der Waals surface area contributed by atoms with Crippen molar-refractivity contribution in [3.63, 3.8) is 0 Å². The SMILES string of the molecule is COc1cc(C)c(C)cc1S(=O)(=O)NCc1nnc(-c2cccc(C)c2)o1. The van der Waals surface area contributed by atoms with Gasteiger partial charge in [-0.3, -0.25) is 0 Å². The first-order chi connectivity index (χ1) is 12.8. The van der Waals surface area contributed by atoms with Gasteiger partial charge in [-0.2, -0.15) is 0 Å². The number of ether oxygens (including phenoxy) is 1. The standard InChI is InChI=1S/C19H21N3O4S/c1-12-6-5-7-15(8-12)19-22-21-18(26-19)11-20-27(23,24)17-10-14(3)13(2)9-16(17)25-4/h5-10,20H,11H2,1-4H3. The monoisotopic (exact) mass is 387 g/mol. The van der Waals surface area contributed by atoms with Gasteiger partial charge in [0.05, 0.1) is 13.7 Å². The van der Waals surface area contributed by atoms with Crippen LogP contribution in [-0.4, -0.2) is 25.7 Å². The lowest BCUT2D eigenvalue weighted by atomic mass is 10.1. The lowest BCUT2D eigenvalue weighted by Crippen LogP contribution is -2.24. The van der Waals surface area contributed by atoms with Crippen molar-refractivity contribution in [2.45, 2.75) is 32.2 Å². The summed E-state index contributed by atoms with van der Waals surface area (Å²) in [5.74, 6) is 0.811. The van der Waals surface area contributed by atoms with Gasteiger partial charge in [-0.05, 0) is 56.2 Å². The lowest BCUT2D eigenvalue weighted by Gasteiger charge is -2.12. The molecular formula is C19H21N3O4S. The van der Waals surface area contributed by atoms with Crippen LogP contribution in [-0.2, 0) is 16.6 Å². The molecule has 1 N–H and O–H groups in total. The van der Waals surface area contributed by atoms with E-state index in [1.807, 2.05) is 45.0 Å². The minimum atomic E-state index is -3.81. The molecule has 0 amide bonds. The zero-order valence-corrected chi connectivity index (χ0v) is 16.4. The van der Waals surface area contributed by atoms with Crippen molar-refractivity contribution in [2.24, 2.45) is 0 Å². The Kier molecular flexibility index (Phi) is 5.29. The second-order valence-electron chi connectivity index (χ2n) is 6.28. The highest BCUT2D eigenvalue weighted by atomic mass is 32.2. The van der Waals surface area contributed by atoms with Crippen LogP contribution in [0.25, 0.3) is 11.5 Å². The van der Waals surface area contributed by atoms with Gasteiger partial charge in [0.15, 0.2) is 0 Å². The van der Waals surface area contributed by atoms with Crippen LogP contribution in [0.15, 0.2) is 45.7 Å². The summed E-state index contributed by atoms with van der Waals surface area (Å²) in [6.07, 6.45) is 0. The molecule has 0 saturated carbocycles. The molecule has 2 aromatic carbocycles. The van der Waals surface area contributed by atoms with Crippen LogP contribution in [0.1, 0.15) is 22.6 Å². The Labute approximate surface area is 158 Å². The second kappa shape index (κ2) is 7.50. The first-order valence-electron chi connectivity index (χ1n) is 8.34. The molecule has 8 heteroatoms. The summed E-state index contributed by atoms with van der Waals surface area (Å²) in [5, 5.41) is 7.90. The Hall–Kier alpha value is -2.71. The molecule has 1 heterocycles. The first kappa shape index (κ1) is 19.1. The molecule has 3 rings (SSSR count). The summed E-state index contributed by atoms with van der Waals surface area (Å²) in [6.45, 7) is 5.59. The van der Waals surface area contributed by atoms with E-state index >= 15 is 0 Å². The van der Waals surface area contributed by atoms with Gasteiger partial charge in [-0.25, -0.2) is 13.1 Å². The van der Waals surface area contributed by atoms with E-state index in [1.165, 1.54) is 7.11 Å². The van der Waals surface area contributed by atoms with Crippen molar-refractivity contribution in [3.05, 3.63) is 59.0 Å². The number of rotatable bonds is 6. The summed E-state index contributed by atoms with van der Waals surface area (Å²) in [4.78, 5) is 0.0755. The Morgan fingerprint density at radius 1 is 1.07 bits per heavy atom. The largest absolute Gasteiger partial charge is 0.495 e. The van der Waals surface area contributed by atoms with Crippen LogP contribution >= 0.6 is 0 Å². The fourth-order valence-corrected chi connectivity index (χ4v) is 3.80. The molecule has 0 atom stereocenters. The number of sulfonamides is 1. The number of hydrogen-bond donors (Lipinski definition) is 1. The van der Waals surface area contributed by atoms with E-state index in [1.54, 1.807) is 12.1 Å². The fraction of sp³-hybridized carbons (Fsp3) is 0.263. The number of nitrogens with zero attached hydrogens (tertiary/aromatic N) is 2. The molecule has 7 nitrogen and oxygen atoms in total. The van der Waals surface area contributed by atoms with Crippen molar-refractivity contribution in [1.29, 1.82) is 0 Å². The quantitative estimate of drug-likeness (QED) is 0.698. The van der Waals surface area contributed by atoms with E-state index in [-0.39, 0.29) is 23.1 Å². The smallest absolute Gasteiger partial charge is 0.247 e. The van der Waals surface area contributed by atoms with Gasteiger partial charge in [0.1, 0.15) is 10.6 Å². The van der Waals surface area contributed by atoms with Crippen molar-refractivity contribution in [3.8, 4) is 17.2 Å². The number of hydrogen-bond acceptors (Lipinski definition) is 6. The zero-order valence-electron chi connectivity index (χ0n) is 15.6. The van der Waals surface area contributed by atoms with Crippen LogP contribution < -0.4 is 9.46 Å². The maximum atomic E-state index is 12.7. The lowest BCUT2D eigenvalue weighted by molar-refractivity contribution is 0.401. The molecule has 27 heavy (non-hydrogen) atoms. The van der Waals surface area contributed by atoms with Crippen LogP contribution in [0, 0.1) is 20.8 Å². The summed E-state index contributed by atoms with van der Waals surface area (Å²) < 4.78 is 38.7. The van der Waals surface area contributed by atoms with E-state index in [0.29, 0.717) is 5.89 Å². The van der Waals surface area contributed by atoms with E-state index < -0.39 is 10.0 Å². The van der Waals surface area contributed by atoms with Crippen molar-refractivity contribution < 1.29 is 17.6 Å². The Balaban J connectivity index is 1.80. The van der Waals surface area contributed by atoms with Gasteiger partial charge < -0.3 is 9.15 Å². The predicted molar refractivity (Wildman–Crippen MR) is 101 cm³/mol. The molecule has 0 saturated heterocycles. The third kappa shape index (κ3) is 4.17. The average molecular weight is 387 g/mol. The maximum Gasteiger partial charge on any atom is 0.247 e. The van der Waals surface area contributed by atoms with Crippen molar-refractivity contribution in [2.75, 3.05) is 7.11 Å². The molecule has 0 aliphatic rings. The molecule has 0 unspecified atom stereocenters. The molecule has 0 aliphatic carbocycles. The Bertz CT molecular complexity index is 1070. The normalized spacial score (nSPS) is 11.6. The van der Waals surface area contributed by atoms with Crippen LogP contribution in [0.3, 0.4) is 0 Å². The van der Waals surface area contributed by atoms with Gasteiger partial charge in [0, 0.05) is 5.56 Å². The number of methoxy groups -OCH3 is 1. The number of aryl methyl sites for hydroxylation is 3. The third-order valence-electron chi connectivity index (χ3n) is 4.21. The molecule has 0 aliphatic heterocycles. The van der Waals surface area contributed by atoms with Crippen molar-refractivity contribution in [1.82, 2.24) is 14.9 Å². The number of aromatic nitrogens is 2. The molecule has 0 bridgehead atoms. The molecular weight excluding hydrogens is 366 g/mol. The van der Waals surface area contributed by atoms with Crippen LogP contribution in [0.5, 0.6) is 5.75 Å². The number of benzene rings is 2. The van der Waals surface area contributed by atoms with Gasteiger partial charge >= 0.3 is 0 Å². The van der Waals surface area contributed by atoms with Gasteiger partial charge in [-0.1, -0.05) is 17.7 Å². The first-order valence-corrected chi connectivity index (χ1v) is 9.83. The third-order valence-corrected chi connectivity index (χ3v) is 5.64. The highest BCUT2D eigenvalue weighted by Crippen LogP contribution is 2.27. The molecule has 1 aromatic heterocycles. The zero-order chi connectivity index (χ0) is 19.6. The van der Waals surface area contributed by atoms with Crippen molar-refractivity contribution >= 4 is 10.0 Å². The number of nitrogens with one attached hydrogen (secondary N) is 1. The highest BCUT2D eigenvalue weighted by molar-refractivity contribution is 7.89. The fourth-order valence-electron chi connectivity index (χ4n) is 2.59. The summed E-state index contributed by atoms with van der Waals surface area (Å²) >= 11 is 0. The molecule has 3 aromatic rings. The van der Waals surface area contributed by atoms with Gasteiger partial charge in [0.2, 0.25) is 21.8 Å². The Morgan fingerprint density at radius 2 is 1.81 bits per heavy atom. The van der Waals surface area contributed by atoms with Crippen LogP contribution in [0.4, 0.5) is 0 Å². The highest BCUT2D eigenvalue weighted by Gasteiger charge is 2.21. The molecule has 142 valence electrons. The molecule has 0 fully saturated rings. The topological polar surface area (TPSA) is 94.3 Å². The average Bonchev–Trinajstić information content (AvgIpc) is 3.11. The van der Waals surface area contributed by atoms with E-state index in [4.69, 9.17) is 9.15 Å². The van der Waals surface area contributed by atoms with E-state index in [9.17, 15) is 8.42 Å². The minimum absolute atomic E-state index is 0.0755. The van der Waals surface area contributed by atoms with Crippen LogP contribution in [0.2, 0.25) is 0 Å². The minimum Gasteiger partial charge on any atom is -0.495 e. The summed E-state index contributed by atoms with van der Waals surface area (Å²) in [5.41, 5.74) is 3.66.